The van der Waals surface area contributed by atoms with Crippen LogP contribution in [0.15, 0.2) is 29.3 Å². The third-order valence-corrected chi connectivity index (χ3v) is 1.97. The van der Waals surface area contributed by atoms with Crippen LogP contribution in [0.1, 0.15) is 31.9 Å². The Hall–Kier alpha value is -1.85. The summed E-state index contributed by atoms with van der Waals surface area (Å²) in [6.07, 6.45) is -4.56. The Labute approximate surface area is 109 Å². The number of hydrogen-bond acceptors (Lipinski definition) is 2. The summed E-state index contributed by atoms with van der Waals surface area (Å²) in [7, 11) is 0. The highest BCUT2D eigenvalue weighted by Gasteiger charge is 2.32. The Balaban J connectivity index is 2.92. The van der Waals surface area contributed by atoms with E-state index in [0.717, 1.165) is 12.3 Å². The standard InChI is InChI=1S/C13H14F3NO2/c1-12(2,3)19-11(18)17-8-9-6-4-5-7-10(9)13(14,15)16/h4-8H,1-3H3/b17-8+. The van der Waals surface area contributed by atoms with Crippen molar-refractivity contribution in [3.8, 4) is 0 Å². The predicted molar refractivity (Wildman–Crippen MR) is 65.3 cm³/mol. The second kappa shape index (κ2) is 5.42. The lowest BCUT2D eigenvalue weighted by Gasteiger charge is -2.17. The molecule has 0 aromatic heterocycles. The molecule has 0 atom stereocenters. The zero-order chi connectivity index (χ0) is 14.7. The highest BCUT2D eigenvalue weighted by Crippen LogP contribution is 2.31. The summed E-state index contributed by atoms with van der Waals surface area (Å²) in [6, 6.07) is 4.87. The summed E-state index contributed by atoms with van der Waals surface area (Å²) in [4.78, 5) is 14.7. The summed E-state index contributed by atoms with van der Waals surface area (Å²) in [5.41, 5.74) is -1.76. The Morgan fingerprint density at radius 1 is 1.21 bits per heavy atom. The zero-order valence-corrected chi connectivity index (χ0v) is 10.8. The van der Waals surface area contributed by atoms with Crippen molar-refractivity contribution >= 4 is 12.3 Å². The average Bonchev–Trinajstić information content (AvgIpc) is 2.23. The normalized spacial score (nSPS) is 12.7. The molecule has 0 bridgehead atoms. The van der Waals surface area contributed by atoms with Crippen molar-refractivity contribution in [3.63, 3.8) is 0 Å². The second-order valence-corrected chi connectivity index (χ2v) is 4.82. The van der Waals surface area contributed by atoms with Crippen LogP contribution in [0.2, 0.25) is 0 Å². The minimum atomic E-state index is -4.49. The number of hydrogen-bond donors (Lipinski definition) is 0. The van der Waals surface area contributed by atoms with Gasteiger partial charge in [-0.2, -0.15) is 18.2 Å². The molecule has 0 N–H and O–H groups in total. The van der Waals surface area contributed by atoms with Crippen molar-refractivity contribution in [1.29, 1.82) is 0 Å². The van der Waals surface area contributed by atoms with Gasteiger partial charge in [0.25, 0.3) is 0 Å². The molecule has 0 heterocycles. The Bertz CT molecular complexity index is 487. The molecule has 104 valence electrons. The number of nitrogens with zero attached hydrogens (tertiary/aromatic N) is 1. The number of carbonyl (C=O) groups is 1. The molecule has 6 heteroatoms. The van der Waals surface area contributed by atoms with Crippen molar-refractivity contribution in [1.82, 2.24) is 0 Å². The number of aliphatic imine (C=N–C) groups is 1. The van der Waals surface area contributed by atoms with E-state index in [1.54, 1.807) is 20.8 Å². The van der Waals surface area contributed by atoms with Crippen molar-refractivity contribution in [2.24, 2.45) is 4.99 Å². The van der Waals surface area contributed by atoms with Crippen LogP contribution in [0, 0.1) is 0 Å². The highest BCUT2D eigenvalue weighted by atomic mass is 19.4. The van der Waals surface area contributed by atoms with Gasteiger partial charge in [0.15, 0.2) is 0 Å². The molecule has 0 saturated heterocycles. The van der Waals surface area contributed by atoms with Gasteiger partial charge in [0.1, 0.15) is 5.60 Å². The summed E-state index contributed by atoms with van der Waals surface area (Å²) >= 11 is 0. The van der Waals surface area contributed by atoms with E-state index >= 15 is 0 Å². The maximum absolute atomic E-state index is 12.7. The van der Waals surface area contributed by atoms with Gasteiger partial charge in [-0.3, -0.25) is 0 Å². The fourth-order valence-electron chi connectivity index (χ4n) is 1.28. The van der Waals surface area contributed by atoms with Crippen LogP contribution in [0.25, 0.3) is 0 Å². The molecule has 0 aliphatic heterocycles. The molecule has 1 aromatic rings. The molecule has 1 amide bonds. The molecule has 0 spiro atoms. The smallest absolute Gasteiger partial charge is 0.434 e. The predicted octanol–water partition coefficient (Wildman–Crippen LogP) is 4.06. The van der Waals surface area contributed by atoms with E-state index in [4.69, 9.17) is 4.74 Å². The van der Waals surface area contributed by atoms with Gasteiger partial charge in [-0.05, 0) is 26.8 Å². The number of alkyl halides is 3. The summed E-state index contributed by atoms with van der Waals surface area (Å²) < 4.78 is 42.9. The van der Waals surface area contributed by atoms with E-state index in [-0.39, 0.29) is 5.56 Å². The molecule has 1 aromatic carbocycles. The van der Waals surface area contributed by atoms with Crippen LogP contribution in [-0.4, -0.2) is 17.9 Å². The Morgan fingerprint density at radius 3 is 2.32 bits per heavy atom. The molecule has 0 aliphatic carbocycles. The average molecular weight is 273 g/mol. The van der Waals surface area contributed by atoms with Gasteiger partial charge in [0.2, 0.25) is 0 Å². The fourth-order valence-corrected chi connectivity index (χ4v) is 1.28. The Morgan fingerprint density at radius 2 is 1.79 bits per heavy atom. The quantitative estimate of drug-likeness (QED) is 0.724. The molecule has 3 nitrogen and oxygen atoms in total. The van der Waals surface area contributed by atoms with Gasteiger partial charge in [-0.25, -0.2) is 4.79 Å². The highest BCUT2D eigenvalue weighted by molar-refractivity contribution is 5.90. The zero-order valence-electron chi connectivity index (χ0n) is 10.8. The lowest BCUT2D eigenvalue weighted by atomic mass is 10.1. The molecule has 0 saturated carbocycles. The fraction of sp³-hybridized carbons (Fsp3) is 0.385. The second-order valence-electron chi connectivity index (χ2n) is 4.82. The van der Waals surface area contributed by atoms with E-state index in [1.165, 1.54) is 18.2 Å². The number of ether oxygens (including phenoxy) is 1. The monoisotopic (exact) mass is 273 g/mol. The first-order valence-electron chi connectivity index (χ1n) is 5.53. The SMILES string of the molecule is CC(C)(C)OC(=O)/N=C/c1ccccc1C(F)(F)F. The molecular formula is C13H14F3NO2. The minimum absolute atomic E-state index is 0.180. The summed E-state index contributed by atoms with van der Waals surface area (Å²) in [5.74, 6) is 0. The first kappa shape index (κ1) is 15.2. The largest absolute Gasteiger partial charge is 0.442 e. The van der Waals surface area contributed by atoms with Crippen molar-refractivity contribution in [3.05, 3.63) is 35.4 Å². The van der Waals surface area contributed by atoms with Crippen LogP contribution in [-0.2, 0) is 10.9 Å². The van der Waals surface area contributed by atoms with Crippen LogP contribution in [0.3, 0.4) is 0 Å². The van der Waals surface area contributed by atoms with Gasteiger partial charge < -0.3 is 4.74 Å². The Kier molecular flexibility index (Phi) is 4.34. The van der Waals surface area contributed by atoms with Crippen molar-refractivity contribution in [2.45, 2.75) is 32.5 Å². The van der Waals surface area contributed by atoms with Crippen molar-refractivity contribution < 1.29 is 22.7 Å². The number of amides is 1. The van der Waals surface area contributed by atoms with Gasteiger partial charge in [0, 0.05) is 11.8 Å². The van der Waals surface area contributed by atoms with E-state index in [2.05, 4.69) is 4.99 Å². The first-order valence-corrected chi connectivity index (χ1v) is 5.53. The first-order chi connectivity index (χ1) is 8.59. The lowest BCUT2D eigenvalue weighted by Crippen LogP contribution is -2.22. The molecule has 0 radical (unpaired) electrons. The third-order valence-electron chi connectivity index (χ3n) is 1.97. The molecule has 0 aliphatic rings. The summed E-state index contributed by atoms with van der Waals surface area (Å²) in [6.45, 7) is 4.93. The van der Waals surface area contributed by atoms with Gasteiger partial charge >= 0.3 is 12.3 Å². The summed E-state index contributed by atoms with van der Waals surface area (Å²) in [5, 5.41) is 0. The maximum Gasteiger partial charge on any atom is 0.434 e. The van der Waals surface area contributed by atoms with E-state index in [1.807, 2.05) is 0 Å². The topological polar surface area (TPSA) is 38.7 Å². The van der Waals surface area contributed by atoms with Crippen LogP contribution >= 0.6 is 0 Å². The van der Waals surface area contributed by atoms with E-state index in [0.29, 0.717) is 0 Å². The van der Waals surface area contributed by atoms with Crippen LogP contribution in [0.4, 0.5) is 18.0 Å². The van der Waals surface area contributed by atoms with E-state index < -0.39 is 23.4 Å². The van der Waals surface area contributed by atoms with Gasteiger partial charge in [-0.15, -0.1) is 0 Å². The number of rotatable bonds is 1. The third kappa shape index (κ3) is 5.11. The van der Waals surface area contributed by atoms with Crippen molar-refractivity contribution in [2.75, 3.05) is 0 Å². The molecule has 1 rings (SSSR count). The molecule has 19 heavy (non-hydrogen) atoms. The molecule has 0 fully saturated rings. The van der Waals surface area contributed by atoms with Gasteiger partial charge in [-0.1, -0.05) is 18.2 Å². The number of benzene rings is 1. The molecule has 0 unspecified atom stereocenters. The van der Waals surface area contributed by atoms with Gasteiger partial charge in [0.05, 0.1) is 5.56 Å². The molecular weight excluding hydrogens is 259 g/mol. The van der Waals surface area contributed by atoms with E-state index in [9.17, 15) is 18.0 Å². The number of halogens is 3. The number of carbonyl (C=O) groups excluding carboxylic acids is 1. The van der Waals surface area contributed by atoms with Crippen LogP contribution in [0.5, 0.6) is 0 Å². The lowest BCUT2D eigenvalue weighted by molar-refractivity contribution is -0.137. The maximum atomic E-state index is 12.7. The minimum Gasteiger partial charge on any atom is -0.442 e. The van der Waals surface area contributed by atoms with Crippen LogP contribution < -0.4 is 0 Å².